The van der Waals surface area contributed by atoms with E-state index >= 15 is 0 Å². The van der Waals surface area contributed by atoms with Crippen molar-refractivity contribution in [2.45, 2.75) is 13.8 Å². The molecule has 0 aliphatic carbocycles. The zero-order valence-corrected chi connectivity index (χ0v) is 8.35. The molecule has 3 aromatic rings. The topological polar surface area (TPSA) is 64.7 Å². The fourth-order valence-electron chi connectivity index (χ4n) is 1.51. The quantitative estimate of drug-likeness (QED) is 0.553. The lowest BCUT2D eigenvalue weighted by atomic mass is 10.1. The van der Waals surface area contributed by atoms with E-state index in [2.05, 4.69) is 24.9 Å². The SMILES string of the molecule is Cc1cc2nc3nonc3nc2cc1C. The number of aryl methyl sites for hydroxylation is 2. The molecular weight excluding hydrogens is 192 g/mol. The van der Waals surface area contributed by atoms with Crippen LogP contribution in [0.1, 0.15) is 11.1 Å². The molecule has 0 unspecified atom stereocenters. The first-order chi connectivity index (χ1) is 7.24. The summed E-state index contributed by atoms with van der Waals surface area (Å²) < 4.78 is 4.57. The van der Waals surface area contributed by atoms with Gasteiger partial charge in [0.15, 0.2) is 0 Å². The Morgan fingerprint density at radius 3 is 1.80 bits per heavy atom. The molecule has 1 aromatic carbocycles. The first kappa shape index (κ1) is 8.28. The average Bonchev–Trinajstić information content (AvgIpc) is 2.63. The minimum atomic E-state index is 0.450. The fourth-order valence-corrected chi connectivity index (χ4v) is 1.51. The van der Waals surface area contributed by atoms with Gasteiger partial charge in [-0.25, -0.2) is 14.6 Å². The second kappa shape index (κ2) is 2.73. The van der Waals surface area contributed by atoms with Gasteiger partial charge in [-0.2, -0.15) is 0 Å². The second-order valence-corrected chi connectivity index (χ2v) is 3.56. The lowest BCUT2D eigenvalue weighted by Gasteiger charge is -2.01. The van der Waals surface area contributed by atoms with Gasteiger partial charge < -0.3 is 0 Å². The van der Waals surface area contributed by atoms with Crippen molar-refractivity contribution in [3.8, 4) is 0 Å². The van der Waals surface area contributed by atoms with Crippen LogP contribution < -0.4 is 0 Å². The summed E-state index contributed by atoms with van der Waals surface area (Å²) in [6.45, 7) is 4.09. The number of hydrogen-bond acceptors (Lipinski definition) is 5. The molecule has 0 radical (unpaired) electrons. The molecule has 0 aliphatic heterocycles. The van der Waals surface area contributed by atoms with Gasteiger partial charge >= 0.3 is 0 Å². The molecule has 0 saturated heterocycles. The van der Waals surface area contributed by atoms with E-state index in [0.717, 1.165) is 11.0 Å². The number of benzene rings is 1. The lowest BCUT2D eigenvalue weighted by Crippen LogP contribution is -1.89. The normalized spacial score (nSPS) is 11.3. The lowest BCUT2D eigenvalue weighted by molar-refractivity contribution is 0.314. The summed E-state index contributed by atoms with van der Waals surface area (Å²) in [6, 6.07) is 3.98. The van der Waals surface area contributed by atoms with Gasteiger partial charge in [0, 0.05) is 0 Å². The fraction of sp³-hybridized carbons (Fsp3) is 0.200. The van der Waals surface area contributed by atoms with E-state index in [-0.39, 0.29) is 0 Å². The van der Waals surface area contributed by atoms with Crippen molar-refractivity contribution < 1.29 is 4.63 Å². The van der Waals surface area contributed by atoms with Crippen LogP contribution in [0, 0.1) is 13.8 Å². The van der Waals surface area contributed by atoms with E-state index in [1.807, 2.05) is 26.0 Å². The summed E-state index contributed by atoms with van der Waals surface area (Å²) in [5.74, 6) is 0. The molecule has 0 fully saturated rings. The molecule has 0 aliphatic rings. The Labute approximate surface area is 85.1 Å². The van der Waals surface area contributed by atoms with Crippen molar-refractivity contribution in [2.75, 3.05) is 0 Å². The molecule has 5 heteroatoms. The predicted octanol–water partition coefficient (Wildman–Crippen LogP) is 1.78. The minimum absolute atomic E-state index is 0.450. The predicted molar refractivity (Wildman–Crippen MR) is 54.4 cm³/mol. The number of rotatable bonds is 0. The van der Waals surface area contributed by atoms with Gasteiger partial charge in [-0.3, -0.25) is 0 Å². The third kappa shape index (κ3) is 1.16. The third-order valence-electron chi connectivity index (χ3n) is 2.50. The van der Waals surface area contributed by atoms with Gasteiger partial charge in [-0.05, 0) is 47.4 Å². The summed E-state index contributed by atoms with van der Waals surface area (Å²) in [4.78, 5) is 8.62. The summed E-state index contributed by atoms with van der Waals surface area (Å²) in [5.41, 5.74) is 4.92. The molecule has 0 spiro atoms. The summed E-state index contributed by atoms with van der Waals surface area (Å²) in [7, 11) is 0. The van der Waals surface area contributed by atoms with E-state index in [0.29, 0.717) is 11.3 Å². The summed E-state index contributed by atoms with van der Waals surface area (Å²) in [5, 5.41) is 7.32. The van der Waals surface area contributed by atoms with Crippen molar-refractivity contribution in [3.05, 3.63) is 23.3 Å². The highest BCUT2D eigenvalue weighted by atomic mass is 16.6. The monoisotopic (exact) mass is 200 g/mol. The summed E-state index contributed by atoms with van der Waals surface area (Å²) >= 11 is 0. The van der Waals surface area contributed by atoms with Crippen LogP contribution in [0.4, 0.5) is 0 Å². The number of hydrogen-bond donors (Lipinski definition) is 0. The van der Waals surface area contributed by atoms with E-state index in [4.69, 9.17) is 0 Å². The molecule has 0 N–H and O–H groups in total. The molecule has 15 heavy (non-hydrogen) atoms. The Balaban J connectivity index is 2.49. The molecular formula is C10H8N4O. The van der Waals surface area contributed by atoms with Crippen LogP contribution in [0.3, 0.4) is 0 Å². The number of aromatic nitrogens is 4. The highest BCUT2D eigenvalue weighted by molar-refractivity contribution is 5.83. The molecule has 3 rings (SSSR count). The zero-order chi connectivity index (χ0) is 10.4. The highest BCUT2D eigenvalue weighted by Gasteiger charge is 2.07. The van der Waals surface area contributed by atoms with Gasteiger partial charge in [0.2, 0.25) is 11.3 Å². The van der Waals surface area contributed by atoms with Crippen LogP contribution in [0.25, 0.3) is 22.3 Å². The largest absolute Gasteiger partial charge is 0.243 e. The molecule has 0 bridgehead atoms. The van der Waals surface area contributed by atoms with Crippen LogP contribution in [0.2, 0.25) is 0 Å². The Morgan fingerprint density at radius 2 is 1.33 bits per heavy atom. The Bertz CT molecular complexity index is 603. The van der Waals surface area contributed by atoms with Crippen molar-refractivity contribution >= 4 is 22.3 Å². The molecule has 2 aromatic heterocycles. The van der Waals surface area contributed by atoms with Crippen LogP contribution in [-0.2, 0) is 0 Å². The van der Waals surface area contributed by atoms with Crippen molar-refractivity contribution in [3.63, 3.8) is 0 Å². The molecule has 74 valence electrons. The Hall–Kier alpha value is -2.04. The maximum atomic E-state index is 4.57. The standard InChI is InChI=1S/C10H8N4O/c1-5-3-7-8(4-6(5)2)12-10-9(11-7)13-15-14-10/h3-4H,1-2H3. The Morgan fingerprint density at radius 1 is 0.867 bits per heavy atom. The van der Waals surface area contributed by atoms with Crippen LogP contribution in [-0.4, -0.2) is 20.3 Å². The van der Waals surface area contributed by atoms with E-state index in [9.17, 15) is 0 Å². The zero-order valence-electron chi connectivity index (χ0n) is 8.35. The van der Waals surface area contributed by atoms with Gasteiger partial charge in [0.1, 0.15) is 0 Å². The van der Waals surface area contributed by atoms with Crippen LogP contribution in [0.5, 0.6) is 0 Å². The molecule has 2 heterocycles. The van der Waals surface area contributed by atoms with Crippen molar-refractivity contribution in [2.24, 2.45) is 0 Å². The average molecular weight is 200 g/mol. The first-order valence-electron chi connectivity index (χ1n) is 4.61. The number of fused-ring (bicyclic) bond motifs is 2. The van der Waals surface area contributed by atoms with E-state index in [1.165, 1.54) is 11.1 Å². The molecule has 5 nitrogen and oxygen atoms in total. The van der Waals surface area contributed by atoms with Crippen molar-refractivity contribution in [1.29, 1.82) is 0 Å². The third-order valence-corrected chi connectivity index (χ3v) is 2.50. The molecule has 0 atom stereocenters. The highest BCUT2D eigenvalue weighted by Crippen LogP contribution is 2.17. The second-order valence-electron chi connectivity index (χ2n) is 3.56. The minimum Gasteiger partial charge on any atom is -0.240 e. The van der Waals surface area contributed by atoms with Crippen molar-refractivity contribution in [1.82, 2.24) is 20.3 Å². The first-order valence-corrected chi connectivity index (χ1v) is 4.61. The molecule has 0 amide bonds. The van der Waals surface area contributed by atoms with E-state index < -0.39 is 0 Å². The smallest absolute Gasteiger partial charge is 0.240 e. The van der Waals surface area contributed by atoms with Gasteiger partial charge in [0.25, 0.3) is 0 Å². The number of nitrogens with zero attached hydrogens (tertiary/aromatic N) is 4. The van der Waals surface area contributed by atoms with Gasteiger partial charge in [-0.15, -0.1) is 0 Å². The van der Waals surface area contributed by atoms with Crippen LogP contribution in [0.15, 0.2) is 16.8 Å². The van der Waals surface area contributed by atoms with E-state index in [1.54, 1.807) is 0 Å². The van der Waals surface area contributed by atoms with Gasteiger partial charge in [-0.1, -0.05) is 0 Å². The maximum absolute atomic E-state index is 4.57. The maximum Gasteiger partial charge on any atom is 0.243 e. The summed E-state index contributed by atoms with van der Waals surface area (Å²) in [6.07, 6.45) is 0. The molecule has 0 saturated carbocycles. The Kier molecular flexibility index (Phi) is 1.50. The van der Waals surface area contributed by atoms with Gasteiger partial charge in [0.05, 0.1) is 11.0 Å². The van der Waals surface area contributed by atoms with Crippen LogP contribution >= 0.6 is 0 Å².